The highest BCUT2D eigenvalue weighted by molar-refractivity contribution is 6.11. The Hall–Kier alpha value is -4.40. The second-order valence-electron chi connectivity index (χ2n) is 9.06. The van der Waals surface area contributed by atoms with Crippen LogP contribution in [0.25, 0.3) is 33.3 Å². The largest absolute Gasteiger partial charge is 0.379 e. The molecule has 1 amide bonds. The Morgan fingerprint density at radius 2 is 1.78 bits per heavy atom. The predicted molar refractivity (Wildman–Crippen MR) is 143 cm³/mol. The van der Waals surface area contributed by atoms with Crippen LogP contribution in [0, 0.1) is 0 Å². The fourth-order valence-corrected chi connectivity index (χ4v) is 4.55. The molecule has 37 heavy (non-hydrogen) atoms. The Morgan fingerprint density at radius 1 is 0.919 bits per heavy atom. The quantitative estimate of drug-likeness (QED) is 0.356. The predicted octanol–water partition coefficient (Wildman–Crippen LogP) is 4.77. The summed E-state index contributed by atoms with van der Waals surface area (Å²) in [6, 6.07) is 21.8. The minimum atomic E-state index is -0.295. The van der Waals surface area contributed by atoms with E-state index in [1.165, 1.54) is 0 Å². The number of nitrogens with one attached hydrogen (secondary N) is 2. The van der Waals surface area contributed by atoms with Gasteiger partial charge in [0.15, 0.2) is 5.69 Å². The molecule has 5 aromatic rings. The van der Waals surface area contributed by atoms with Gasteiger partial charge >= 0.3 is 0 Å². The lowest BCUT2D eigenvalue weighted by Crippen LogP contribution is -2.35. The first-order valence-corrected chi connectivity index (χ1v) is 12.3. The standard InChI is InChI=1S/C29H26N6O2/c36-29(32-24-7-9-26(31-18-24)21-4-2-1-3-5-21)28-25-15-22(6-8-27(25)33-34-28)23-14-20(16-30-17-23)19-35-10-12-37-13-11-35/h1-9,14-18H,10-13,19H2,(H,32,36)(H,33,34). The van der Waals surface area contributed by atoms with E-state index in [9.17, 15) is 4.79 Å². The fourth-order valence-electron chi connectivity index (χ4n) is 4.55. The van der Waals surface area contributed by atoms with Gasteiger partial charge < -0.3 is 10.1 Å². The molecule has 2 N–H and O–H groups in total. The van der Waals surface area contributed by atoms with Crippen LogP contribution < -0.4 is 5.32 Å². The number of hydrogen-bond acceptors (Lipinski definition) is 6. The molecule has 1 saturated heterocycles. The Labute approximate surface area is 214 Å². The molecule has 1 aliphatic heterocycles. The Morgan fingerprint density at radius 3 is 2.59 bits per heavy atom. The van der Waals surface area contributed by atoms with Crippen molar-refractivity contribution in [3.63, 3.8) is 0 Å². The zero-order valence-corrected chi connectivity index (χ0v) is 20.2. The fraction of sp³-hybridized carbons (Fsp3) is 0.172. The molecule has 4 heterocycles. The van der Waals surface area contributed by atoms with Crippen molar-refractivity contribution in [3.05, 3.63) is 96.6 Å². The van der Waals surface area contributed by atoms with E-state index >= 15 is 0 Å². The molecule has 3 aromatic heterocycles. The number of aromatic amines is 1. The van der Waals surface area contributed by atoms with Gasteiger partial charge in [0.05, 0.1) is 36.3 Å². The second kappa shape index (κ2) is 10.3. The highest BCUT2D eigenvalue weighted by atomic mass is 16.5. The van der Waals surface area contributed by atoms with Crippen molar-refractivity contribution in [1.82, 2.24) is 25.1 Å². The van der Waals surface area contributed by atoms with Crippen LogP contribution in [0.4, 0.5) is 5.69 Å². The van der Waals surface area contributed by atoms with Crippen molar-refractivity contribution in [2.75, 3.05) is 31.6 Å². The summed E-state index contributed by atoms with van der Waals surface area (Å²) in [7, 11) is 0. The number of benzene rings is 2. The van der Waals surface area contributed by atoms with E-state index in [4.69, 9.17) is 4.74 Å². The van der Waals surface area contributed by atoms with Crippen LogP contribution >= 0.6 is 0 Å². The minimum Gasteiger partial charge on any atom is -0.379 e. The van der Waals surface area contributed by atoms with E-state index in [1.807, 2.05) is 73.1 Å². The molecule has 8 heteroatoms. The van der Waals surface area contributed by atoms with E-state index in [-0.39, 0.29) is 5.91 Å². The maximum atomic E-state index is 13.1. The molecule has 0 bridgehead atoms. The molecule has 6 rings (SSSR count). The maximum absolute atomic E-state index is 13.1. The van der Waals surface area contributed by atoms with E-state index in [1.54, 1.807) is 6.20 Å². The van der Waals surface area contributed by atoms with E-state index in [2.05, 4.69) is 36.4 Å². The molecular formula is C29H26N6O2. The summed E-state index contributed by atoms with van der Waals surface area (Å²) in [5.41, 5.74) is 6.74. The lowest BCUT2D eigenvalue weighted by Gasteiger charge is -2.26. The molecule has 8 nitrogen and oxygen atoms in total. The van der Waals surface area contributed by atoms with Crippen molar-refractivity contribution < 1.29 is 9.53 Å². The first-order chi connectivity index (χ1) is 18.2. The minimum absolute atomic E-state index is 0.295. The van der Waals surface area contributed by atoms with Crippen LogP contribution in [0.1, 0.15) is 16.1 Å². The summed E-state index contributed by atoms with van der Waals surface area (Å²) in [6.07, 6.45) is 5.42. The first-order valence-electron chi connectivity index (χ1n) is 12.3. The normalized spacial score (nSPS) is 14.1. The monoisotopic (exact) mass is 490 g/mol. The molecule has 0 radical (unpaired) electrons. The van der Waals surface area contributed by atoms with Crippen molar-refractivity contribution in [2.45, 2.75) is 6.54 Å². The SMILES string of the molecule is O=C(Nc1ccc(-c2ccccc2)nc1)c1n[nH]c2ccc(-c3cncc(CN4CCOCC4)c3)cc12. The van der Waals surface area contributed by atoms with E-state index < -0.39 is 0 Å². The molecular weight excluding hydrogens is 464 g/mol. The topological polar surface area (TPSA) is 96.0 Å². The first kappa shape index (κ1) is 23.0. The summed E-state index contributed by atoms with van der Waals surface area (Å²) >= 11 is 0. The zero-order chi connectivity index (χ0) is 25.0. The van der Waals surface area contributed by atoms with Crippen LogP contribution in [0.2, 0.25) is 0 Å². The van der Waals surface area contributed by atoms with Gasteiger partial charge in [-0.2, -0.15) is 5.10 Å². The van der Waals surface area contributed by atoms with Crippen molar-refractivity contribution >= 4 is 22.5 Å². The third kappa shape index (κ3) is 5.11. The third-order valence-electron chi connectivity index (χ3n) is 6.51. The van der Waals surface area contributed by atoms with Gasteiger partial charge in [0.1, 0.15) is 0 Å². The lowest BCUT2D eigenvalue weighted by molar-refractivity contribution is 0.0341. The number of anilines is 1. The summed E-state index contributed by atoms with van der Waals surface area (Å²) in [5, 5.41) is 10.9. The number of carbonyl (C=O) groups is 1. The van der Waals surface area contributed by atoms with Crippen molar-refractivity contribution in [2.24, 2.45) is 0 Å². The number of fused-ring (bicyclic) bond motifs is 1. The van der Waals surface area contributed by atoms with Crippen LogP contribution in [-0.4, -0.2) is 57.3 Å². The van der Waals surface area contributed by atoms with E-state index in [0.29, 0.717) is 11.4 Å². The lowest BCUT2D eigenvalue weighted by atomic mass is 10.0. The molecule has 1 fully saturated rings. The molecule has 0 atom stereocenters. The third-order valence-corrected chi connectivity index (χ3v) is 6.51. The van der Waals surface area contributed by atoms with E-state index in [0.717, 1.165) is 71.7 Å². The molecule has 0 spiro atoms. The average Bonchev–Trinajstić information content (AvgIpc) is 3.38. The second-order valence-corrected chi connectivity index (χ2v) is 9.06. The van der Waals surface area contributed by atoms with Gasteiger partial charge in [0.25, 0.3) is 5.91 Å². The molecule has 0 aliphatic carbocycles. The summed E-state index contributed by atoms with van der Waals surface area (Å²) in [6.45, 7) is 4.22. The number of nitrogens with zero attached hydrogens (tertiary/aromatic N) is 4. The molecule has 1 aliphatic rings. The van der Waals surface area contributed by atoms with Gasteiger partial charge in [0.2, 0.25) is 0 Å². The zero-order valence-electron chi connectivity index (χ0n) is 20.2. The molecule has 0 saturated carbocycles. The number of hydrogen-bond donors (Lipinski definition) is 2. The van der Waals surface area contributed by atoms with Gasteiger partial charge in [-0.3, -0.25) is 24.8 Å². The van der Waals surface area contributed by atoms with Gasteiger partial charge in [-0.25, -0.2) is 0 Å². The van der Waals surface area contributed by atoms with Gasteiger partial charge in [0, 0.05) is 48.5 Å². The Balaban J connectivity index is 1.21. The average molecular weight is 491 g/mol. The number of pyridine rings is 2. The van der Waals surface area contributed by atoms with Crippen LogP contribution in [0.5, 0.6) is 0 Å². The van der Waals surface area contributed by atoms with Gasteiger partial charge in [-0.15, -0.1) is 0 Å². The molecule has 184 valence electrons. The number of H-pyrrole nitrogens is 1. The summed E-state index contributed by atoms with van der Waals surface area (Å²) in [4.78, 5) is 24.4. The summed E-state index contributed by atoms with van der Waals surface area (Å²) in [5.74, 6) is -0.295. The van der Waals surface area contributed by atoms with Gasteiger partial charge in [-0.1, -0.05) is 36.4 Å². The smallest absolute Gasteiger partial charge is 0.276 e. The van der Waals surface area contributed by atoms with Crippen molar-refractivity contribution in [3.8, 4) is 22.4 Å². The highest BCUT2D eigenvalue weighted by Gasteiger charge is 2.16. The Bertz CT molecular complexity index is 1530. The number of ether oxygens (including phenoxy) is 1. The van der Waals surface area contributed by atoms with Crippen LogP contribution in [0.3, 0.4) is 0 Å². The highest BCUT2D eigenvalue weighted by Crippen LogP contribution is 2.27. The molecule has 2 aromatic carbocycles. The summed E-state index contributed by atoms with van der Waals surface area (Å²) < 4.78 is 5.45. The van der Waals surface area contributed by atoms with Gasteiger partial charge in [-0.05, 0) is 41.5 Å². The Kier molecular flexibility index (Phi) is 6.41. The maximum Gasteiger partial charge on any atom is 0.276 e. The molecule has 0 unspecified atom stereocenters. The van der Waals surface area contributed by atoms with Crippen molar-refractivity contribution in [1.29, 1.82) is 0 Å². The van der Waals surface area contributed by atoms with Crippen LogP contribution in [0.15, 0.2) is 85.3 Å². The number of morpholine rings is 1. The number of carbonyl (C=O) groups excluding carboxylic acids is 1. The number of amides is 1. The van der Waals surface area contributed by atoms with Crippen LogP contribution in [-0.2, 0) is 11.3 Å². The number of rotatable bonds is 6. The number of aromatic nitrogens is 4.